The average Bonchev–Trinajstić information content (AvgIpc) is 2.76. The van der Waals surface area contributed by atoms with Crippen LogP contribution in [0.2, 0.25) is 0 Å². The molecule has 0 aromatic heterocycles. The van der Waals surface area contributed by atoms with Gasteiger partial charge in [0.05, 0.1) is 0 Å². The molecule has 0 saturated carbocycles. The van der Waals surface area contributed by atoms with Crippen LogP contribution < -0.4 is 16.1 Å². The summed E-state index contributed by atoms with van der Waals surface area (Å²) >= 11 is -3.37. The van der Waals surface area contributed by atoms with Crippen molar-refractivity contribution in [2.75, 3.05) is 0 Å². The topological polar surface area (TPSA) is 0 Å². The fraction of sp³-hybridized carbons (Fsp3) is 0. The summed E-state index contributed by atoms with van der Waals surface area (Å²) in [6.45, 7) is 0. The second kappa shape index (κ2) is 6.94. The van der Waals surface area contributed by atoms with E-state index in [1.807, 2.05) is 0 Å². The van der Waals surface area contributed by atoms with Crippen molar-refractivity contribution >= 4 is 23.6 Å². The van der Waals surface area contributed by atoms with Gasteiger partial charge in [-0.1, -0.05) is 0 Å². The van der Waals surface area contributed by atoms with Crippen LogP contribution >= 0.6 is 7.43 Å². The van der Waals surface area contributed by atoms with Gasteiger partial charge in [0.25, 0.3) is 0 Å². The molecule has 0 aliphatic heterocycles. The van der Waals surface area contributed by atoms with Crippen LogP contribution in [0.5, 0.6) is 0 Å². The fourth-order valence-electron chi connectivity index (χ4n) is 3.12. The number of hydrogen-bond acceptors (Lipinski definition) is 0. The van der Waals surface area contributed by atoms with E-state index in [1.165, 1.54) is 16.1 Å². The third-order valence-corrected chi connectivity index (χ3v) is 18.9. The van der Waals surface area contributed by atoms with Crippen molar-refractivity contribution in [2.24, 2.45) is 0 Å². The maximum absolute atomic E-state index is 3.39. The summed E-state index contributed by atoms with van der Waals surface area (Å²) < 4.78 is 5.54. The summed E-state index contributed by atoms with van der Waals surface area (Å²) in [6, 6.07) is 44.0. The van der Waals surface area contributed by atoms with Gasteiger partial charge in [0.1, 0.15) is 0 Å². The van der Waals surface area contributed by atoms with E-state index in [1.54, 1.807) is 0 Å². The predicted molar refractivity (Wildman–Crippen MR) is 114 cm³/mol. The molecule has 133 valence electrons. The predicted octanol–water partition coefficient (Wildman–Crippen LogP) is 3.77. The monoisotopic (exact) mass is 447 g/mol. The first-order chi connectivity index (χ1) is 12.7. The Hall–Kier alpha value is -2.03. The number of hydrogen-bond donors (Lipinski definition) is 0. The van der Waals surface area contributed by atoms with Gasteiger partial charge in [-0.2, -0.15) is 0 Å². The van der Waals surface area contributed by atoms with E-state index in [-0.39, 0.29) is 0 Å². The summed E-state index contributed by atoms with van der Waals surface area (Å²) in [5.41, 5.74) is 0. The van der Waals surface area contributed by atoms with Crippen LogP contribution in [0.4, 0.5) is 0 Å². The standard InChI is InChI=1S/4C6H5.H2P.Pd/c4*1-2-4-6-5-3-1;;/h4*1-5H;1H2;/q;;;;-1;+1. The molecule has 2 heteroatoms. The third kappa shape index (κ3) is 2.52. The van der Waals surface area contributed by atoms with Crippen molar-refractivity contribution in [2.45, 2.75) is 0 Å². The molecule has 0 fully saturated rings. The van der Waals surface area contributed by atoms with Crippen molar-refractivity contribution < 1.29 is 13.8 Å². The molecule has 0 amide bonds. The van der Waals surface area contributed by atoms with E-state index in [9.17, 15) is 0 Å². The van der Waals surface area contributed by atoms with Gasteiger partial charge in [0.2, 0.25) is 0 Å². The molecule has 0 aliphatic rings. The van der Waals surface area contributed by atoms with Crippen molar-refractivity contribution in [3.05, 3.63) is 121 Å². The van der Waals surface area contributed by atoms with Crippen molar-refractivity contribution in [1.29, 1.82) is 0 Å². The van der Waals surface area contributed by atoms with E-state index >= 15 is 0 Å². The second-order valence-electron chi connectivity index (χ2n) is 5.88. The van der Waals surface area contributed by atoms with Gasteiger partial charge in [-0.05, 0) is 0 Å². The Kier molecular flexibility index (Phi) is 4.64. The van der Waals surface area contributed by atoms with Gasteiger partial charge in [-0.25, -0.2) is 0 Å². The zero-order valence-corrected chi connectivity index (χ0v) is 17.1. The number of benzene rings is 4. The van der Waals surface area contributed by atoms with Crippen LogP contribution in [-0.4, -0.2) is 0 Å². The molecule has 0 aliphatic carbocycles. The third-order valence-electron chi connectivity index (χ3n) is 4.37. The Morgan fingerprint density at radius 3 is 0.731 bits per heavy atom. The molecule has 4 aromatic carbocycles. The quantitative estimate of drug-likeness (QED) is 0.330. The van der Waals surface area contributed by atoms with Gasteiger partial charge in [0, 0.05) is 0 Å². The zero-order valence-electron chi connectivity index (χ0n) is 14.4. The Morgan fingerprint density at radius 2 is 0.538 bits per heavy atom. The molecular weight excluding hydrogens is 426 g/mol. The van der Waals surface area contributed by atoms with Gasteiger partial charge in [0.15, 0.2) is 0 Å². The van der Waals surface area contributed by atoms with Crippen molar-refractivity contribution in [3.8, 4) is 0 Å². The molecule has 26 heavy (non-hydrogen) atoms. The molecule has 1 unspecified atom stereocenters. The summed E-state index contributed by atoms with van der Waals surface area (Å²) in [5, 5.41) is 0. The first kappa shape index (κ1) is 17.4. The minimum atomic E-state index is -3.37. The van der Waals surface area contributed by atoms with E-state index in [4.69, 9.17) is 0 Å². The van der Waals surface area contributed by atoms with Crippen LogP contribution in [0.15, 0.2) is 121 Å². The molecule has 0 bridgehead atoms. The minimum absolute atomic E-state index is 1.38. The molecule has 0 spiro atoms. The summed E-state index contributed by atoms with van der Waals surface area (Å²) in [7, 11) is 3.39. The van der Waals surface area contributed by atoms with E-state index in [2.05, 4.69) is 129 Å². The molecule has 1 atom stereocenters. The Bertz CT molecular complexity index is 814. The van der Waals surface area contributed by atoms with Gasteiger partial charge in [-0.3, -0.25) is 0 Å². The molecule has 0 N–H and O–H groups in total. The van der Waals surface area contributed by atoms with Crippen LogP contribution in [0.3, 0.4) is 0 Å². The van der Waals surface area contributed by atoms with Crippen LogP contribution in [-0.2, 0) is 13.8 Å². The van der Waals surface area contributed by atoms with E-state index in [0.717, 1.165) is 0 Å². The molecule has 0 heterocycles. The maximum atomic E-state index is 3.39. The molecule has 0 saturated heterocycles. The van der Waals surface area contributed by atoms with Crippen molar-refractivity contribution in [1.82, 2.24) is 0 Å². The van der Waals surface area contributed by atoms with Crippen LogP contribution in [0.25, 0.3) is 0 Å². The molecule has 0 radical (unpaired) electrons. The zero-order chi connectivity index (χ0) is 17.9. The summed E-state index contributed by atoms with van der Waals surface area (Å²) in [4.78, 5) is 0. The molecular formula is C24H22PPd. The van der Waals surface area contributed by atoms with Gasteiger partial charge < -0.3 is 0 Å². The molecule has 4 aromatic rings. The Balaban J connectivity index is 2.23. The van der Waals surface area contributed by atoms with Gasteiger partial charge >= 0.3 is 159 Å². The number of rotatable bonds is 4. The average molecular weight is 448 g/mol. The summed E-state index contributed by atoms with van der Waals surface area (Å²) in [5.74, 6) is 0. The Labute approximate surface area is 158 Å². The first-order valence-corrected chi connectivity index (χ1v) is 14.6. The van der Waals surface area contributed by atoms with Crippen LogP contribution in [0.1, 0.15) is 0 Å². The fourth-order valence-corrected chi connectivity index (χ4v) is 14.6. The SMILES string of the molecule is [PH2][Pd]([c]1ccccc1)([c]1ccccc1)([c]1ccccc1)[c]1ccccc1. The molecule has 0 nitrogen and oxygen atoms in total. The van der Waals surface area contributed by atoms with E-state index in [0.29, 0.717) is 0 Å². The Morgan fingerprint density at radius 1 is 0.346 bits per heavy atom. The van der Waals surface area contributed by atoms with Gasteiger partial charge in [-0.15, -0.1) is 0 Å². The van der Waals surface area contributed by atoms with Crippen molar-refractivity contribution in [3.63, 3.8) is 0 Å². The second-order valence-corrected chi connectivity index (χ2v) is 17.9. The van der Waals surface area contributed by atoms with Crippen LogP contribution in [0, 0.1) is 0 Å². The summed E-state index contributed by atoms with van der Waals surface area (Å²) in [6.07, 6.45) is 0. The first-order valence-electron chi connectivity index (χ1n) is 8.46. The van der Waals surface area contributed by atoms with E-state index < -0.39 is 13.8 Å². The molecule has 4 rings (SSSR count). The normalized spacial score (nSPS) is 12.9.